The Morgan fingerprint density at radius 1 is 1.32 bits per heavy atom. The molecule has 0 radical (unpaired) electrons. The van der Waals surface area contributed by atoms with Crippen LogP contribution in [-0.4, -0.2) is 42.1 Å². The second kappa shape index (κ2) is 6.18. The first-order chi connectivity index (χ1) is 12.1. The molecule has 3 N–H and O–H groups in total. The van der Waals surface area contributed by atoms with Crippen molar-refractivity contribution in [1.82, 2.24) is 15.3 Å². The SMILES string of the molecule is Cc1nc2c(C(N)=O)c(-c3ccccn3)cc(N3CCNCC3)c2o1. The molecule has 0 saturated carbocycles. The highest BCUT2D eigenvalue weighted by Crippen LogP contribution is 2.37. The number of anilines is 1. The number of nitrogens with zero attached hydrogens (tertiary/aromatic N) is 3. The fourth-order valence-electron chi connectivity index (χ4n) is 3.29. The Morgan fingerprint density at radius 3 is 2.80 bits per heavy atom. The molecular formula is C18H19N5O2. The Balaban J connectivity index is 2.02. The lowest BCUT2D eigenvalue weighted by molar-refractivity contribution is 0.100. The molecule has 128 valence electrons. The maximum Gasteiger partial charge on any atom is 0.251 e. The van der Waals surface area contributed by atoms with E-state index in [9.17, 15) is 4.79 Å². The summed E-state index contributed by atoms with van der Waals surface area (Å²) in [4.78, 5) is 23.3. The van der Waals surface area contributed by atoms with E-state index in [4.69, 9.17) is 10.2 Å². The van der Waals surface area contributed by atoms with Gasteiger partial charge in [-0.2, -0.15) is 0 Å². The highest BCUT2D eigenvalue weighted by atomic mass is 16.3. The molecule has 0 atom stereocenters. The van der Waals surface area contributed by atoms with Crippen molar-refractivity contribution in [3.05, 3.63) is 41.9 Å². The van der Waals surface area contributed by atoms with E-state index in [-0.39, 0.29) is 0 Å². The number of benzene rings is 1. The number of hydrogen-bond acceptors (Lipinski definition) is 6. The van der Waals surface area contributed by atoms with Crippen LogP contribution in [0.4, 0.5) is 5.69 Å². The van der Waals surface area contributed by atoms with E-state index < -0.39 is 5.91 Å². The molecule has 0 aliphatic carbocycles. The molecule has 2 aromatic heterocycles. The number of oxazole rings is 1. The van der Waals surface area contributed by atoms with Gasteiger partial charge >= 0.3 is 0 Å². The second-order valence-electron chi connectivity index (χ2n) is 6.05. The van der Waals surface area contributed by atoms with E-state index in [0.717, 1.165) is 31.9 Å². The van der Waals surface area contributed by atoms with Crippen molar-refractivity contribution in [3.8, 4) is 11.3 Å². The van der Waals surface area contributed by atoms with Crippen molar-refractivity contribution in [3.63, 3.8) is 0 Å². The minimum absolute atomic E-state index is 0.351. The first-order valence-electron chi connectivity index (χ1n) is 8.26. The van der Waals surface area contributed by atoms with Crippen LogP contribution >= 0.6 is 0 Å². The van der Waals surface area contributed by atoms with Crippen molar-refractivity contribution >= 4 is 22.7 Å². The Kier molecular flexibility index (Phi) is 3.85. The minimum Gasteiger partial charge on any atom is -0.439 e. The van der Waals surface area contributed by atoms with Gasteiger partial charge < -0.3 is 20.4 Å². The number of rotatable bonds is 3. The van der Waals surface area contributed by atoms with Gasteiger partial charge in [-0.25, -0.2) is 4.98 Å². The van der Waals surface area contributed by atoms with Crippen LogP contribution in [0.1, 0.15) is 16.2 Å². The molecule has 1 aliphatic rings. The molecule has 25 heavy (non-hydrogen) atoms. The number of carbonyl (C=O) groups is 1. The van der Waals surface area contributed by atoms with E-state index >= 15 is 0 Å². The summed E-state index contributed by atoms with van der Waals surface area (Å²) in [5.74, 6) is -0.0298. The van der Waals surface area contributed by atoms with Crippen LogP contribution in [0.5, 0.6) is 0 Å². The van der Waals surface area contributed by atoms with Crippen molar-refractivity contribution in [2.45, 2.75) is 6.92 Å². The highest BCUT2D eigenvalue weighted by molar-refractivity contribution is 6.12. The van der Waals surface area contributed by atoms with Gasteiger partial charge in [-0.05, 0) is 18.2 Å². The van der Waals surface area contributed by atoms with Crippen LogP contribution in [0, 0.1) is 6.92 Å². The largest absolute Gasteiger partial charge is 0.439 e. The number of pyridine rings is 1. The molecule has 7 heteroatoms. The summed E-state index contributed by atoms with van der Waals surface area (Å²) >= 11 is 0. The number of hydrogen-bond donors (Lipinski definition) is 2. The molecule has 1 fully saturated rings. The standard InChI is InChI=1S/C18H19N5O2/c1-11-22-16-15(18(19)24)12(13-4-2-3-5-21-13)10-14(17(16)25-11)23-8-6-20-7-9-23/h2-5,10,20H,6-9H2,1H3,(H2,19,24). The maximum absolute atomic E-state index is 12.2. The van der Waals surface area contributed by atoms with Gasteiger partial charge in [-0.15, -0.1) is 0 Å². The average molecular weight is 337 g/mol. The highest BCUT2D eigenvalue weighted by Gasteiger charge is 2.25. The topological polar surface area (TPSA) is 97.3 Å². The van der Waals surface area contributed by atoms with Gasteiger partial charge in [-0.3, -0.25) is 9.78 Å². The molecule has 1 aromatic carbocycles. The Hall–Kier alpha value is -2.93. The number of aromatic nitrogens is 2. The number of primary amides is 1. The number of nitrogens with one attached hydrogen (secondary N) is 1. The van der Waals surface area contributed by atoms with Gasteiger partial charge in [0.25, 0.3) is 5.91 Å². The third-order valence-corrected chi connectivity index (χ3v) is 4.40. The molecule has 7 nitrogen and oxygen atoms in total. The fraction of sp³-hybridized carbons (Fsp3) is 0.278. The molecule has 1 amide bonds. The van der Waals surface area contributed by atoms with E-state index in [1.165, 1.54) is 0 Å². The zero-order chi connectivity index (χ0) is 17.4. The number of piperazine rings is 1. The monoisotopic (exact) mass is 337 g/mol. The number of carbonyl (C=O) groups excluding carboxylic acids is 1. The number of nitrogens with two attached hydrogens (primary N) is 1. The van der Waals surface area contributed by atoms with Crippen LogP contribution < -0.4 is 16.0 Å². The van der Waals surface area contributed by atoms with Crippen LogP contribution in [0.2, 0.25) is 0 Å². The second-order valence-corrected chi connectivity index (χ2v) is 6.05. The first-order valence-corrected chi connectivity index (χ1v) is 8.26. The first kappa shape index (κ1) is 15.6. The summed E-state index contributed by atoms with van der Waals surface area (Å²) < 4.78 is 5.83. The summed E-state index contributed by atoms with van der Waals surface area (Å²) in [6.45, 7) is 5.27. The lowest BCUT2D eigenvalue weighted by Gasteiger charge is -2.30. The quantitative estimate of drug-likeness (QED) is 0.755. The van der Waals surface area contributed by atoms with E-state index in [0.29, 0.717) is 33.8 Å². The molecule has 3 heterocycles. The zero-order valence-electron chi connectivity index (χ0n) is 14.0. The molecule has 0 spiro atoms. The van der Waals surface area contributed by atoms with Gasteiger partial charge in [0.2, 0.25) is 0 Å². The van der Waals surface area contributed by atoms with Crippen molar-refractivity contribution in [1.29, 1.82) is 0 Å². The maximum atomic E-state index is 12.2. The Bertz CT molecular complexity index is 930. The molecule has 1 aliphatic heterocycles. The summed E-state index contributed by atoms with van der Waals surface area (Å²) in [6, 6.07) is 7.53. The normalized spacial score (nSPS) is 14.8. The summed E-state index contributed by atoms with van der Waals surface area (Å²) in [5, 5.41) is 3.34. The predicted molar refractivity (Wildman–Crippen MR) is 95.6 cm³/mol. The Labute approximate surface area is 144 Å². The van der Waals surface area contributed by atoms with Gasteiger partial charge in [0.05, 0.1) is 16.9 Å². The minimum atomic E-state index is -0.536. The molecule has 0 bridgehead atoms. The zero-order valence-corrected chi connectivity index (χ0v) is 14.0. The lowest BCUT2D eigenvalue weighted by atomic mass is 9.99. The fourth-order valence-corrected chi connectivity index (χ4v) is 3.29. The van der Waals surface area contributed by atoms with E-state index in [2.05, 4.69) is 20.2 Å². The van der Waals surface area contributed by atoms with Crippen molar-refractivity contribution in [2.75, 3.05) is 31.1 Å². The third kappa shape index (κ3) is 2.72. The van der Waals surface area contributed by atoms with Crippen LogP contribution in [0.3, 0.4) is 0 Å². The van der Waals surface area contributed by atoms with Gasteiger partial charge in [-0.1, -0.05) is 6.07 Å². The number of amides is 1. The molecule has 0 unspecified atom stereocenters. The van der Waals surface area contributed by atoms with Crippen molar-refractivity contribution in [2.24, 2.45) is 5.73 Å². The molecule has 4 rings (SSSR count). The van der Waals surface area contributed by atoms with Crippen LogP contribution in [0.15, 0.2) is 34.9 Å². The van der Waals surface area contributed by atoms with Gasteiger partial charge in [0, 0.05) is 44.9 Å². The Morgan fingerprint density at radius 2 is 2.12 bits per heavy atom. The van der Waals surface area contributed by atoms with Crippen LogP contribution in [-0.2, 0) is 0 Å². The predicted octanol–water partition coefficient (Wildman–Crippen LogP) is 1.71. The molecule has 1 saturated heterocycles. The van der Waals surface area contributed by atoms with E-state index in [1.807, 2.05) is 24.3 Å². The smallest absolute Gasteiger partial charge is 0.251 e. The molecular weight excluding hydrogens is 318 g/mol. The lowest BCUT2D eigenvalue weighted by Crippen LogP contribution is -2.43. The third-order valence-electron chi connectivity index (χ3n) is 4.40. The summed E-state index contributed by atoms with van der Waals surface area (Å²) in [7, 11) is 0. The van der Waals surface area contributed by atoms with Crippen molar-refractivity contribution < 1.29 is 9.21 Å². The number of aryl methyl sites for hydroxylation is 1. The van der Waals surface area contributed by atoms with Crippen LogP contribution in [0.25, 0.3) is 22.4 Å². The average Bonchev–Trinajstić information content (AvgIpc) is 3.02. The number of fused-ring (bicyclic) bond motifs is 1. The van der Waals surface area contributed by atoms with E-state index in [1.54, 1.807) is 13.1 Å². The van der Waals surface area contributed by atoms with Gasteiger partial charge in [0.15, 0.2) is 11.5 Å². The summed E-state index contributed by atoms with van der Waals surface area (Å²) in [6.07, 6.45) is 1.70. The molecule has 3 aromatic rings. The van der Waals surface area contributed by atoms with Gasteiger partial charge in [0.1, 0.15) is 5.52 Å². The summed E-state index contributed by atoms with van der Waals surface area (Å²) in [5.41, 5.74) is 9.43.